The quantitative estimate of drug-likeness (QED) is 0.743. The van der Waals surface area contributed by atoms with Gasteiger partial charge in [0.1, 0.15) is 0 Å². The summed E-state index contributed by atoms with van der Waals surface area (Å²) >= 11 is 0. The molecule has 2 heterocycles. The van der Waals surface area contributed by atoms with Crippen LogP contribution in [0.5, 0.6) is 0 Å². The lowest BCUT2D eigenvalue weighted by molar-refractivity contribution is 0.00578. The molecule has 0 radical (unpaired) electrons. The van der Waals surface area contributed by atoms with Gasteiger partial charge in [-0.3, -0.25) is 5.41 Å². The van der Waals surface area contributed by atoms with Gasteiger partial charge in [-0.1, -0.05) is 0 Å². The minimum Gasteiger partial charge on any atom is -0.399 e. The Morgan fingerprint density at radius 2 is 1.84 bits per heavy atom. The molecule has 0 saturated carbocycles. The average molecular weight is 261 g/mol. The van der Waals surface area contributed by atoms with Gasteiger partial charge in [0.2, 0.25) is 0 Å². The molecule has 2 aliphatic rings. The van der Waals surface area contributed by atoms with Crippen molar-refractivity contribution < 1.29 is 9.31 Å². The van der Waals surface area contributed by atoms with Crippen LogP contribution in [-0.4, -0.2) is 37.4 Å². The van der Waals surface area contributed by atoms with Crippen LogP contribution in [0.3, 0.4) is 0 Å². The zero-order valence-electron chi connectivity index (χ0n) is 12.1. The van der Waals surface area contributed by atoms with Gasteiger partial charge >= 0.3 is 7.12 Å². The van der Waals surface area contributed by atoms with E-state index in [1.54, 1.807) is 19.5 Å². The Balaban J connectivity index is 2.25. The summed E-state index contributed by atoms with van der Waals surface area (Å²) in [6, 6.07) is 0. The molecular weight excluding hydrogens is 241 g/mol. The highest BCUT2D eigenvalue weighted by molar-refractivity contribution is 6.61. The number of allylic oxidation sites excluding steroid dienone is 1. The predicted octanol–water partition coefficient (Wildman–Crippen LogP) is 1.71. The number of hydrogen-bond acceptors (Lipinski definition) is 4. The van der Waals surface area contributed by atoms with Crippen molar-refractivity contribution in [3.8, 4) is 0 Å². The molecule has 2 N–H and O–H groups in total. The smallest absolute Gasteiger partial charge is 0.399 e. The van der Waals surface area contributed by atoms with Crippen molar-refractivity contribution >= 4 is 19.2 Å². The number of nitrogens with zero attached hydrogens (tertiary/aromatic N) is 1. The Morgan fingerprint density at radius 3 is 2.37 bits per heavy atom. The van der Waals surface area contributed by atoms with Crippen molar-refractivity contribution in [2.45, 2.75) is 38.9 Å². The van der Waals surface area contributed by atoms with Gasteiger partial charge in [-0.25, -0.2) is 4.99 Å². The summed E-state index contributed by atoms with van der Waals surface area (Å²) in [6.45, 7) is 8.06. The van der Waals surface area contributed by atoms with Crippen molar-refractivity contribution in [2.75, 3.05) is 7.05 Å². The summed E-state index contributed by atoms with van der Waals surface area (Å²) < 4.78 is 11.9. The first-order valence-corrected chi connectivity index (χ1v) is 6.34. The first kappa shape index (κ1) is 14.0. The van der Waals surface area contributed by atoms with E-state index in [1.165, 1.54) is 0 Å². The third-order valence-electron chi connectivity index (χ3n) is 3.76. The van der Waals surface area contributed by atoms with Crippen molar-refractivity contribution in [3.05, 3.63) is 23.3 Å². The maximum Gasteiger partial charge on any atom is 0.496 e. The SMILES string of the molecule is CN/C=C1/C=C(B2OC(C)(C)C(C)(C)O2)C=NC1=N. The molecule has 2 rings (SSSR count). The number of aliphatic imine (C=N–C) groups is 1. The van der Waals surface area contributed by atoms with Crippen LogP contribution in [0.2, 0.25) is 0 Å². The van der Waals surface area contributed by atoms with Crippen molar-refractivity contribution in [1.82, 2.24) is 5.32 Å². The van der Waals surface area contributed by atoms with Gasteiger partial charge in [0, 0.05) is 30.5 Å². The van der Waals surface area contributed by atoms with Crippen LogP contribution in [0.15, 0.2) is 28.3 Å². The Morgan fingerprint density at radius 1 is 1.26 bits per heavy atom. The first-order valence-electron chi connectivity index (χ1n) is 6.34. The van der Waals surface area contributed by atoms with E-state index in [0.717, 1.165) is 11.0 Å². The maximum atomic E-state index is 7.73. The van der Waals surface area contributed by atoms with Crippen molar-refractivity contribution in [3.63, 3.8) is 0 Å². The van der Waals surface area contributed by atoms with E-state index < -0.39 is 7.12 Å². The molecule has 0 bridgehead atoms. The fraction of sp³-hybridized carbons (Fsp3) is 0.538. The van der Waals surface area contributed by atoms with Crippen molar-refractivity contribution in [1.29, 1.82) is 5.41 Å². The van der Waals surface area contributed by atoms with Crippen LogP contribution in [0.25, 0.3) is 0 Å². The second-order valence-corrected chi connectivity index (χ2v) is 5.73. The Kier molecular flexibility index (Phi) is 3.41. The van der Waals surface area contributed by atoms with Gasteiger partial charge in [-0.2, -0.15) is 0 Å². The minimum atomic E-state index is -0.442. The first-order chi connectivity index (χ1) is 8.77. The summed E-state index contributed by atoms with van der Waals surface area (Å²) in [6.07, 6.45) is 5.25. The second-order valence-electron chi connectivity index (χ2n) is 5.73. The van der Waals surface area contributed by atoms with E-state index in [0.29, 0.717) is 0 Å². The zero-order chi connectivity index (χ0) is 14.3. The normalized spacial score (nSPS) is 26.8. The fourth-order valence-corrected chi connectivity index (χ4v) is 1.87. The number of amidine groups is 1. The van der Waals surface area contributed by atoms with E-state index in [1.807, 2.05) is 33.8 Å². The molecular formula is C13H20BN3O2. The highest BCUT2D eigenvalue weighted by Crippen LogP contribution is 2.38. The summed E-state index contributed by atoms with van der Waals surface area (Å²) in [4.78, 5) is 4.07. The average Bonchev–Trinajstić information content (AvgIpc) is 2.51. The summed E-state index contributed by atoms with van der Waals surface area (Å²) in [5, 5.41) is 10.6. The number of nitrogens with one attached hydrogen (secondary N) is 2. The molecule has 0 aromatic heterocycles. The highest BCUT2D eigenvalue weighted by Gasteiger charge is 2.52. The molecule has 19 heavy (non-hydrogen) atoms. The van der Waals surface area contributed by atoms with Crippen molar-refractivity contribution in [2.24, 2.45) is 4.99 Å². The highest BCUT2D eigenvalue weighted by atomic mass is 16.7. The maximum absolute atomic E-state index is 7.73. The van der Waals surface area contributed by atoms with Gasteiger partial charge in [-0.15, -0.1) is 0 Å². The molecule has 102 valence electrons. The number of hydrogen-bond donors (Lipinski definition) is 2. The number of rotatable bonds is 2. The third kappa shape index (κ3) is 2.50. The molecule has 2 aliphatic heterocycles. The molecule has 0 unspecified atom stereocenters. The molecule has 0 aromatic rings. The molecule has 0 aliphatic carbocycles. The van der Waals surface area contributed by atoms with Crippen LogP contribution in [-0.2, 0) is 9.31 Å². The number of dihydropyridines is 1. The third-order valence-corrected chi connectivity index (χ3v) is 3.76. The Hall–Kier alpha value is -1.40. The van der Waals surface area contributed by atoms with Crippen LogP contribution >= 0.6 is 0 Å². The standard InChI is InChI=1S/C13H20BN3O2/c1-12(2)13(3,4)19-14(18-12)10-6-9(7-16-5)11(15)17-8-10/h6-8,15-16H,1-5H3/b9-7-,15-11?. The summed E-state index contributed by atoms with van der Waals surface area (Å²) in [7, 11) is 1.35. The molecule has 5 nitrogen and oxygen atoms in total. The van der Waals surface area contributed by atoms with Gasteiger partial charge in [-0.05, 0) is 33.8 Å². The fourth-order valence-electron chi connectivity index (χ4n) is 1.87. The van der Waals surface area contributed by atoms with Crippen LogP contribution < -0.4 is 5.32 Å². The van der Waals surface area contributed by atoms with E-state index in [-0.39, 0.29) is 17.0 Å². The lowest BCUT2D eigenvalue weighted by atomic mass is 9.77. The molecule has 1 fully saturated rings. The Bertz CT molecular complexity index is 476. The molecule has 1 saturated heterocycles. The Labute approximate surface area is 114 Å². The second kappa shape index (κ2) is 4.61. The van der Waals surface area contributed by atoms with Gasteiger partial charge in [0.25, 0.3) is 0 Å². The van der Waals surface area contributed by atoms with Crippen LogP contribution in [0, 0.1) is 5.41 Å². The predicted molar refractivity (Wildman–Crippen MR) is 77.5 cm³/mol. The van der Waals surface area contributed by atoms with E-state index in [4.69, 9.17) is 14.7 Å². The monoisotopic (exact) mass is 261 g/mol. The molecule has 0 atom stereocenters. The molecule has 0 aromatic carbocycles. The summed E-state index contributed by atoms with van der Waals surface area (Å²) in [5.41, 5.74) is 0.805. The van der Waals surface area contributed by atoms with Gasteiger partial charge < -0.3 is 14.6 Å². The van der Waals surface area contributed by atoms with Gasteiger partial charge in [0.05, 0.1) is 11.2 Å². The van der Waals surface area contributed by atoms with Crippen LogP contribution in [0.4, 0.5) is 0 Å². The van der Waals surface area contributed by atoms with E-state index in [2.05, 4.69) is 10.3 Å². The van der Waals surface area contributed by atoms with Crippen LogP contribution in [0.1, 0.15) is 27.7 Å². The lowest BCUT2D eigenvalue weighted by Gasteiger charge is -2.32. The zero-order valence-corrected chi connectivity index (χ0v) is 12.1. The minimum absolute atomic E-state index is 0.231. The van der Waals surface area contributed by atoms with E-state index in [9.17, 15) is 0 Å². The molecule has 0 amide bonds. The van der Waals surface area contributed by atoms with E-state index >= 15 is 0 Å². The topological polar surface area (TPSA) is 66.7 Å². The molecule has 0 spiro atoms. The lowest BCUT2D eigenvalue weighted by Crippen LogP contribution is -2.41. The molecule has 6 heteroatoms. The largest absolute Gasteiger partial charge is 0.496 e. The summed E-state index contributed by atoms with van der Waals surface area (Å²) in [5.74, 6) is 0.231. The van der Waals surface area contributed by atoms with Gasteiger partial charge in [0.15, 0.2) is 5.84 Å².